The van der Waals surface area contributed by atoms with Crippen molar-refractivity contribution in [3.05, 3.63) is 0 Å². The zero-order valence-electron chi connectivity index (χ0n) is 11.3. The minimum Gasteiger partial charge on any atom is -0.481 e. The first-order chi connectivity index (χ1) is 8.93. The number of methoxy groups -OCH3 is 1. The summed E-state index contributed by atoms with van der Waals surface area (Å²) in [6.45, 7) is 1.08. The Bertz CT molecular complexity index is 358. The molecule has 1 aliphatic rings. The van der Waals surface area contributed by atoms with Crippen LogP contribution in [0.15, 0.2) is 0 Å². The van der Waals surface area contributed by atoms with Gasteiger partial charge in [0.1, 0.15) is 6.54 Å². The lowest BCUT2D eigenvalue weighted by atomic mass is 10.0. The molecule has 7 heteroatoms. The molecule has 1 aliphatic heterocycles. The molecule has 1 saturated heterocycles. The molecule has 0 aromatic rings. The van der Waals surface area contributed by atoms with Crippen LogP contribution in [-0.2, 0) is 14.3 Å². The Morgan fingerprint density at radius 1 is 1.42 bits per heavy atom. The van der Waals surface area contributed by atoms with Gasteiger partial charge in [-0.15, -0.1) is 0 Å². The highest BCUT2D eigenvalue weighted by atomic mass is 16.5. The van der Waals surface area contributed by atoms with Crippen LogP contribution in [0.1, 0.15) is 19.3 Å². The highest BCUT2D eigenvalue weighted by Gasteiger charge is 2.28. The maximum Gasteiger partial charge on any atom is 0.325 e. The van der Waals surface area contributed by atoms with Gasteiger partial charge in [0.05, 0.1) is 7.11 Å². The van der Waals surface area contributed by atoms with Gasteiger partial charge in [0.15, 0.2) is 0 Å². The minimum absolute atomic E-state index is 0.0778. The number of esters is 1. The molecule has 0 saturated carbocycles. The van der Waals surface area contributed by atoms with E-state index in [4.69, 9.17) is 5.11 Å². The molecule has 0 spiro atoms. The molecule has 1 atom stereocenters. The van der Waals surface area contributed by atoms with Crippen LogP contribution in [0.3, 0.4) is 0 Å². The molecule has 108 valence electrons. The van der Waals surface area contributed by atoms with E-state index >= 15 is 0 Å². The smallest absolute Gasteiger partial charge is 0.325 e. The summed E-state index contributed by atoms with van der Waals surface area (Å²) >= 11 is 0. The number of carbonyl (C=O) groups is 3. The SMILES string of the molecule is COC(=O)CN(C)C(=O)N1CCC(CCC(=O)O)C1. The van der Waals surface area contributed by atoms with E-state index in [0.29, 0.717) is 19.5 Å². The van der Waals surface area contributed by atoms with Crippen molar-refractivity contribution < 1.29 is 24.2 Å². The van der Waals surface area contributed by atoms with Crippen molar-refractivity contribution in [3.63, 3.8) is 0 Å². The fraction of sp³-hybridized carbons (Fsp3) is 0.750. The number of nitrogens with zero attached hydrogens (tertiary/aromatic N) is 2. The van der Waals surface area contributed by atoms with Crippen molar-refractivity contribution in [2.45, 2.75) is 19.3 Å². The van der Waals surface area contributed by atoms with Crippen molar-refractivity contribution in [1.29, 1.82) is 0 Å². The molecule has 0 bridgehead atoms. The van der Waals surface area contributed by atoms with Crippen LogP contribution in [0, 0.1) is 5.92 Å². The first-order valence-corrected chi connectivity index (χ1v) is 6.22. The van der Waals surface area contributed by atoms with Gasteiger partial charge < -0.3 is 19.6 Å². The Balaban J connectivity index is 2.38. The van der Waals surface area contributed by atoms with E-state index in [9.17, 15) is 14.4 Å². The molecule has 1 fully saturated rings. The monoisotopic (exact) mass is 272 g/mol. The van der Waals surface area contributed by atoms with Crippen molar-refractivity contribution in [2.24, 2.45) is 5.92 Å². The van der Waals surface area contributed by atoms with Crippen LogP contribution in [0.5, 0.6) is 0 Å². The van der Waals surface area contributed by atoms with Crippen molar-refractivity contribution in [1.82, 2.24) is 9.80 Å². The van der Waals surface area contributed by atoms with Gasteiger partial charge in [-0.1, -0.05) is 0 Å². The van der Waals surface area contributed by atoms with Gasteiger partial charge in [0.25, 0.3) is 0 Å². The minimum atomic E-state index is -0.812. The van der Waals surface area contributed by atoms with Gasteiger partial charge in [0, 0.05) is 26.6 Å². The number of ether oxygens (including phenoxy) is 1. The Hall–Kier alpha value is -1.79. The summed E-state index contributed by atoms with van der Waals surface area (Å²) in [5.41, 5.74) is 0. The summed E-state index contributed by atoms with van der Waals surface area (Å²) < 4.78 is 4.50. The zero-order valence-corrected chi connectivity index (χ0v) is 11.3. The van der Waals surface area contributed by atoms with E-state index in [1.807, 2.05) is 0 Å². The Labute approximate surface area is 112 Å². The third kappa shape index (κ3) is 4.76. The lowest BCUT2D eigenvalue weighted by molar-refractivity contribution is -0.141. The van der Waals surface area contributed by atoms with Crippen LogP contribution in [-0.4, -0.2) is 66.7 Å². The van der Waals surface area contributed by atoms with E-state index in [-0.39, 0.29) is 24.9 Å². The molecule has 19 heavy (non-hydrogen) atoms. The summed E-state index contributed by atoms with van der Waals surface area (Å²) in [5.74, 6) is -1.04. The molecule has 0 aromatic heterocycles. The number of carboxylic acids is 1. The number of hydrogen-bond donors (Lipinski definition) is 1. The number of carbonyl (C=O) groups excluding carboxylic acids is 2. The number of carboxylic acid groups (broad SMARTS) is 1. The van der Waals surface area contributed by atoms with Crippen LogP contribution in [0.4, 0.5) is 4.79 Å². The van der Waals surface area contributed by atoms with E-state index in [1.54, 1.807) is 11.9 Å². The summed E-state index contributed by atoms with van der Waals surface area (Å²) in [4.78, 5) is 36.5. The molecule has 2 amide bonds. The Kier molecular flexibility index (Phi) is 5.59. The lowest BCUT2D eigenvalue weighted by Gasteiger charge is -2.23. The standard InChI is InChI=1S/C12H20N2O5/c1-13(8-11(17)19-2)12(18)14-6-5-9(7-14)3-4-10(15)16/h9H,3-8H2,1-2H3,(H,15,16). The molecule has 1 unspecified atom stereocenters. The Morgan fingerprint density at radius 2 is 2.11 bits per heavy atom. The second-order valence-corrected chi connectivity index (χ2v) is 4.75. The largest absolute Gasteiger partial charge is 0.481 e. The van der Waals surface area contributed by atoms with Gasteiger partial charge in [-0.25, -0.2) is 4.79 Å². The van der Waals surface area contributed by atoms with Crippen molar-refractivity contribution in [2.75, 3.05) is 33.8 Å². The van der Waals surface area contributed by atoms with Crippen LogP contribution < -0.4 is 0 Å². The van der Waals surface area contributed by atoms with Crippen LogP contribution in [0.2, 0.25) is 0 Å². The molecule has 0 aliphatic carbocycles. The van der Waals surface area contributed by atoms with Gasteiger partial charge in [-0.3, -0.25) is 9.59 Å². The zero-order chi connectivity index (χ0) is 14.4. The molecule has 0 radical (unpaired) electrons. The number of urea groups is 1. The van der Waals surface area contributed by atoms with Gasteiger partial charge in [-0.05, 0) is 18.8 Å². The van der Waals surface area contributed by atoms with E-state index in [2.05, 4.69) is 4.74 Å². The third-order valence-corrected chi connectivity index (χ3v) is 3.24. The van der Waals surface area contributed by atoms with Gasteiger partial charge in [0.2, 0.25) is 0 Å². The molecule has 0 aromatic carbocycles. The van der Waals surface area contributed by atoms with Crippen LogP contribution in [0.25, 0.3) is 0 Å². The number of hydrogen-bond acceptors (Lipinski definition) is 4. The normalized spacial score (nSPS) is 18.2. The summed E-state index contributed by atoms with van der Waals surface area (Å²) in [6.07, 6.45) is 1.52. The highest BCUT2D eigenvalue weighted by Crippen LogP contribution is 2.21. The second kappa shape index (κ2) is 6.96. The van der Waals surface area contributed by atoms with Crippen molar-refractivity contribution in [3.8, 4) is 0 Å². The molecular weight excluding hydrogens is 252 g/mol. The summed E-state index contributed by atoms with van der Waals surface area (Å²) in [5, 5.41) is 8.62. The van der Waals surface area contributed by atoms with E-state index < -0.39 is 11.9 Å². The number of amides is 2. The maximum atomic E-state index is 12.0. The number of likely N-dealkylation sites (N-methyl/N-ethyl adjacent to an activating group) is 1. The first-order valence-electron chi connectivity index (χ1n) is 6.22. The number of aliphatic carboxylic acids is 1. The third-order valence-electron chi connectivity index (χ3n) is 3.24. The summed E-state index contributed by atoms with van der Waals surface area (Å²) in [6, 6.07) is -0.219. The topological polar surface area (TPSA) is 87.2 Å². The second-order valence-electron chi connectivity index (χ2n) is 4.75. The predicted octanol–water partition coefficient (Wildman–Crippen LogP) is 0.398. The van der Waals surface area contributed by atoms with Crippen molar-refractivity contribution >= 4 is 18.0 Å². The molecule has 7 nitrogen and oxygen atoms in total. The van der Waals surface area contributed by atoms with Gasteiger partial charge >= 0.3 is 18.0 Å². The average Bonchev–Trinajstić information content (AvgIpc) is 2.83. The quantitative estimate of drug-likeness (QED) is 0.732. The van der Waals surface area contributed by atoms with Gasteiger partial charge in [-0.2, -0.15) is 0 Å². The molecule has 1 rings (SSSR count). The fourth-order valence-corrected chi connectivity index (χ4v) is 2.14. The van der Waals surface area contributed by atoms with Crippen LogP contribution >= 0.6 is 0 Å². The lowest BCUT2D eigenvalue weighted by Crippen LogP contribution is -2.42. The highest BCUT2D eigenvalue weighted by molar-refractivity contribution is 5.80. The molecule has 1 heterocycles. The summed E-state index contributed by atoms with van der Waals surface area (Å²) in [7, 11) is 2.82. The van der Waals surface area contributed by atoms with E-state index in [1.165, 1.54) is 12.0 Å². The van der Waals surface area contributed by atoms with E-state index in [0.717, 1.165) is 6.42 Å². The molecule has 1 N–H and O–H groups in total. The Morgan fingerprint density at radius 3 is 2.68 bits per heavy atom. The number of rotatable bonds is 5. The predicted molar refractivity (Wildman–Crippen MR) is 66.6 cm³/mol. The fourth-order valence-electron chi connectivity index (χ4n) is 2.14. The first kappa shape index (κ1) is 15.3. The number of likely N-dealkylation sites (tertiary alicyclic amines) is 1. The molecular formula is C12H20N2O5. The average molecular weight is 272 g/mol. The maximum absolute atomic E-state index is 12.0.